The molecule has 0 atom stereocenters. The number of nitrogens with one attached hydrogen (secondary N) is 2. The SMILES string of the molecule is O=C(CNCCN1CCCC1)Nc1ccc(OC(F)(F)F)cc1. The Balaban J connectivity index is 1.66. The second kappa shape index (κ2) is 8.16. The van der Waals surface area contributed by atoms with E-state index in [1.807, 2.05) is 0 Å². The molecule has 0 radical (unpaired) electrons. The van der Waals surface area contributed by atoms with Crippen molar-refractivity contribution in [1.29, 1.82) is 0 Å². The number of alkyl halides is 3. The average molecular weight is 331 g/mol. The van der Waals surface area contributed by atoms with E-state index in [1.54, 1.807) is 0 Å². The quantitative estimate of drug-likeness (QED) is 0.752. The van der Waals surface area contributed by atoms with Crippen molar-refractivity contribution in [2.24, 2.45) is 0 Å². The number of anilines is 1. The van der Waals surface area contributed by atoms with Gasteiger partial charge in [0, 0.05) is 18.8 Å². The van der Waals surface area contributed by atoms with Crippen molar-refractivity contribution >= 4 is 11.6 Å². The normalized spacial score (nSPS) is 15.6. The monoisotopic (exact) mass is 331 g/mol. The van der Waals surface area contributed by atoms with Crippen LogP contribution in [0.2, 0.25) is 0 Å². The van der Waals surface area contributed by atoms with Gasteiger partial charge in [-0.2, -0.15) is 0 Å². The summed E-state index contributed by atoms with van der Waals surface area (Å²) in [6.07, 6.45) is -2.26. The zero-order valence-electron chi connectivity index (χ0n) is 12.7. The number of hydrogen-bond acceptors (Lipinski definition) is 4. The molecular formula is C15H20F3N3O2. The van der Waals surface area contributed by atoms with E-state index in [0.29, 0.717) is 5.69 Å². The number of amides is 1. The minimum atomic E-state index is -4.72. The summed E-state index contributed by atoms with van der Waals surface area (Å²) in [6, 6.07) is 5.04. The molecule has 0 unspecified atom stereocenters. The first-order valence-electron chi connectivity index (χ1n) is 7.51. The number of benzene rings is 1. The van der Waals surface area contributed by atoms with E-state index in [1.165, 1.54) is 25.0 Å². The van der Waals surface area contributed by atoms with Crippen molar-refractivity contribution in [2.75, 3.05) is 38.0 Å². The molecule has 1 aromatic rings. The van der Waals surface area contributed by atoms with Crippen LogP contribution in [0.5, 0.6) is 5.75 Å². The van der Waals surface area contributed by atoms with E-state index < -0.39 is 6.36 Å². The Morgan fingerprint density at radius 1 is 1.17 bits per heavy atom. The minimum absolute atomic E-state index is 0.161. The molecule has 1 fully saturated rings. The fraction of sp³-hybridized carbons (Fsp3) is 0.533. The molecule has 0 aliphatic carbocycles. The lowest BCUT2D eigenvalue weighted by atomic mass is 10.3. The van der Waals surface area contributed by atoms with Crippen molar-refractivity contribution in [3.05, 3.63) is 24.3 Å². The van der Waals surface area contributed by atoms with Gasteiger partial charge in [0.25, 0.3) is 0 Å². The first-order valence-corrected chi connectivity index (χ1v) is 7.51. The Bertz CT molecular complexity index is 500. The maximum atomic E-state index is 12.0. The fourth-order valence-corrected chi connectivity index (χ4v) is 2.39. The highest BCUT2D eigenvalue weighted by molar-refractivity contribution is 5.92. The second-order valence-corrected chi connectivity index (χ2v) is 5.35. The van der Waals surface area contributed by atoms with Crippen LogP contribution in [-0.2, 0) is 4.79 Å². The molecule has 0 spiro atoms. The van der Waals surface area contributed by atoms with Crippen molar-refractivity contribution in [2.45, 2.75) is 19.2 Å². The van der Waals surface area contributed by atoms with E-state index in [4.69, 9.17) is 0 Å². The molecule has 1 saturated heterocycles. The van der Waals surface area contributed by atoms with E-state index in [9.17, 15) is 18.0 Å². The van der Waals surface area contributed by atoms with Gasteiger partial charge in [0.1, 0.15) is 5.75 Å². The summed E-state index contributed by atoms with van der Waals surface area (Å²) in [5.74, 6) is -0.560. The van der Waals surface area contributed by atoms with Gasteiger partial charge in [-0.15, -0.1) is 13.2 Å². The Kier molecular flexibility index (Phi) is 6.23. The van der Waals surface area contributed by atoms with Crippen LogP contribution in [0.4, 0.5) is 18.9 Å². The standard InChI is InChI=1S/C15H20F3N3O2/c16-15(17,18)23-13-5-3-12(4-6-13)20-14(22)11-19-7-10-21-8-1-2-9-21/h3-6,19H,1-2,7-11H2,(H,20,22). The molecular weight excluding hydrogens is 311 g/mol. The predicted molar refractivity (Wildman–Crippen MR) is 80.3 cm³/mol. The van der Waals surface area contributed by atoms with Crippen LogP contribution in [0.15, 0.2) is 24.3 Å². The first-order chi connectivity index (χ1) is 10.9. The summed E-state index contributed by atoms with van der Waals surface area (Å²) in [6.45, 7) is 4.03. The summed E-state index contributed by atoms with van der Waals surface area (Å²) in [5, 5.41) is 5.66. The predicted octanol–water partition coefficient (Wildman–Crippen LogP) is 2.21. The molecule has 23 heavy (non-hydrogen) atoms. The Hall–Kier alpha value is -1.80. The van der Waals surface area contributed by atoms with Crippen molar-refractivity contribution in [3.8, 4) is 5.75 Å². The van der Waals surface area contributed by atoms with Gasteiger partial charge in [-0.1, -0.05) is 0 Å². The molecule has 2 N–H and O–H groups in total. The van der Waals surface area contributed by atoms with Gasteiger partial charge in [0.15, 0.2) is 0 Å². The zero-order valence-corrected chi connectivity index (χ0v) is 12.7. The Morgan fingerprint density at radius 3 is 2.43 bits per heavy atom. The number of carbonyl (C=O) groups excluding carboxylic acids is 1. The van der Waals surface area contributed by atoms with Crippen molar-refractivity contribution < 1.29 is 22.7 Å². The van der Waals surface area contributed by atoms with Crippen LogP contribution >= 0.6 is 0 Å². The van der Waals surface area contributed by atoms with Crippen LogP contribution in [-0.4, -0.2) is 49.9 Å². The number of halogens is 3. The smallest absolute Gasteiger partial charge is 0.406 e. The van der Waals surface area contributed by atoms with Gasteiger partial charge in [0.05, 0.1) is 6.54 Å². The zero-order chi connectivity index (χ0) is 16.7. The van der Waals surface area contributed by atoms with Crippen molar-refractivity contribution in [3.63, 3.8) is 0 Å². The van der Waals surface area contributed by atoms with Gasteiger partial charge in [-0.3, -0.25) is 4.79 Å². The molecule has 1 aliphatic rings. The number of nitrogens with zero attached hydrogens (tertiary/aromatic N) is 1. The summed E-state index contributed by atoms with van der Waals surface area (Å²) in [4.78, 5) is 14.1. The van der Waals surface area contributed by atoms with Crippen LogP contribution in [0, 0.1) is 0 Å². The van der Waals surface area contributed by atoms with Crippen LogP contribution in [0.3, 0.4) is 0 Å². The third-order valence-electron chi connectivity index (χ3n) is 3.46. The molecule has 1 aromatic carbocycles. The van der Waals surface area contributed by atoms with E-state index in [-0.39, 0.29) is 18.2 Å². The molecule has 128 valence electrons. The molecule has 1 heterocycles. The van der Waals surface area contributed by atoms with Gasteiger partial charge in [-0.25, -0.2) is 0 Å². The van der Waals surface area contributed by atoms with Crippen LogP contribution < -0.4 is 15.4 Å². The fourth-order valence-electron chi connectivity index (χ4n) is 2.39. The lowest BCUT2D eigenvalue weighted by Crippen LogP contribution is -2.34. The lowest BCUT2D eigenvalue weighted by Gasteiger charge is -2.14. The number of hydrogen-bond donors (Lipinski definition) is 2. The van der Waals surface area contributed by atoms with E-state index in [0.717, 1.165) is 38.3 Å². The van der Waals surface area contributed by atoms with Crippen LogP contribution in [0.25, 0.3) is 0 Å². The third-order valence-corrected chi connectivity index (χ3v) is 3.46. The second-order valence-electron chi connectivity index (χ2n) is 5.35. The number of carbonyl (C=O) groups is 1. The highest BCUT2D eigenvalue weighted by atomic mass is 19.4. The highest BCUT2D eigenvalue weighted by Gasteiger charge is 2.30. The average Bonchev–Trinajstić information content (AvgIpc) is 2.97. The van der Waals surface area contributed by atoms with Gasteiger partial charge in [0.2, 0.25) is 5.91 Å². The third kappa shape index (κ3) is 6.87. The maximum absolute atomic E-state index is 12.0. The molecule has 1 aliphatic heterocycles. The minimum Gasteiger partial charge on any atom is -0.406 e. The topological polar surface area (TPSA) is 53.6 Å². The number of ether oxygens (including phenoxy) is 1. The summed E-state index contributed by atoms with van der Waals surface area (Å²) in [5.41, 5.74) is 0.422. The summed E-state index contributed by atoms with van der Waals surface area (Å²) < 4.78 is 39.9. The largest absolute Gasteiger partial charge is 0.573 e. The molecule has 8 heteroatoms. The van der Waals surface area contributed by atoms with Gasteiger partial charge in [-0.05, 0) is 50.2 Å². The Morgan fingerprint density at radius 2 is 1.83 bits per heavy atom. The number of likely N-dealkylation sites (tertiary alicyclic amines) is 1. The van der Waals surface area contributed by atoms with Crippen molar-refractivity contribution in [1.82, 2.24) is 10.2 Å². The lowest BCUT2D eigenvalue weighted by molar-refractivity contribution is -0.274. The molecule has 0 saturated carbocycles. The molecule has 0 bridgehead atoms. The Labute approximate surface area is 132 Å². The van der Waals surface area contributed by atoms with Gasteiger partial charge >= 0.3 is 6.36 Å². The number of rotatable bonds is 7. The summed E-state index contributed by atoms with van der Waals surface area (Å²) in [7, 11) is 0. The van der Waals surface area contributed by atoms with E-state index >= 15 is 0 Å². The van der Waals surface area contributed by atoms with Gasteiger partial charge < -0.3 is 20.3 Å². The maximum Gasteiger partial charge on any atom is 0.573 e. The first kappa shape index (κ1) is 17.6. The molecule has 0 aromatic heterocycles. The van der Waals surface area contributed by atoms with E-state index in [2.05, 4.69) is 20.3 Å². The highest BCUT2D eigenvalue weighted by Crippen LogP contribution is 2.23. The molecule has 5 nitrogen and oxygen atoms in total. The molecule has 2 rings (SSSR count). The molecule has 1 amide bonds. The summed E-state index contributed by atoms with van der Waals surface area (Å²) >= 11 is 0. The van der Waals surface area contributed by atoms with Crippen LogP contribution in [0.1, 0.15) is 12.8 Å².